The molecule has 0 N–H and O–H groups in total. The number of hydrogen-bond donors (Lipinski definition) is 0. The maximum Gasteiger partial charge on any atom is 0.248 e. The molecular formula is C19H19BrClN3O. The van der Waals surface area contributed by atoms with Crippen molar-refractivity contribution < 1.29 is 4.42 Å². The van der Waals surface area contributed by atoms with Gasteiger partial charge in [-0.2, -0.15) is 0 Å². The van der Waals surface area contributed by atoms with E-state index in [1.165, 1.54) is 0 Å². The maximum absolute atomic E-state index is 6.09. The van der Waals surface area contributed by atoms with E-state index in [4.69, 9.17) is 16.0 Å². The van der Waals surface area contributed by atoms with Crippen LogP contribution in [0, 0.1) is 0 Å². The Morgan fingerprint density at radius 2 is 1.88 bits per heavy atom. The largest absolute Gasteiger partial charge is 0.419 e. The van der Waals surface area contributed by atoms with Crippen molar-refractivity contribution >= 4 is 27.5 Å². The molecule has 0 spiro atoms. The monoisotopic (exact) mass is 419 g/mol. The first kappa shape index (κ1) is 18.1. The molecule has 25 heavy (non-hydrogen) atoms. The van der Waals surface area contributed by atoms with Crippen molar-refractivity contribution in [2.24, 2.45) is 0 Å². The Bertz CT molecular complexity index is 850. The minimum absolute atomic E-state index is 0.331. The highest BCUT2D eigenvalue weighted by Gasteiger charge is 2.17. The van der Waals surface area contributed by atoms with Crippen LogP contribution in [0.5, 0.6) is 0 Å². The van der Waals surface area contributed by atoms with Gasteiger partial charge >= 0.3 is 0 Å². The van der Waals surface area contributed by atoms with Gasteiger partial charge in [0.25, 0.3) is 0 Å². The normalized spacial score (nSPS) is 11.4. The molecule has 0 unspecified atom stereocenters. The van der Waals surface area contributed by atoms with Crippen molar-refractivity contribution in [3.8, 4) is 11.5 Å². The van der Waals surface area contributed by atoms with E-state index in [1.807, 2.05) is 42.5 Å². The summed E-state index contributed by atoms with van der Waals surface area (Å²) < 4.78 is 6.81. The summed E-state index contributed by atoms with van der Waals surface area (Å²) in [6, 6.07) is 16.0. The fourth-order valence-electron chi connectivity index (χ4n) is 2.53. The molecule has 130 valence electrons. The Balaban J connectivity index is 1.76. The van der Waals surface area contributed by atoms with Crippen LogP contribution in [0.15, 0.2) is 57.4 Å². The molecule has 0 saturated heterocycles. The summed E-state index contributed by atoms with van der Waals surface area (Å²) in [4.78, 5) is 2.27. The number of aromatic nitrogens is 2. The molecule has 0 aliphatic carbocycles. The summed E-state index contributed by atoms with van der Waals surface area (Å²) in [6.07, 6.45) is 0. The van der Waals surface area contributed by atoms with Gasteiger partial charge in [0.1, 0.15) is 0 Å². The third-order valence-corrected chi connectivity index (χ3v) is 4.84. The molecule has 0 bridgehead atoms. The van der Waals surface area contributed by atoms with Gasteiger partial charge in [0, 0.05) is 22.1 Å². The summed E-state index contributed by atoms with van der Waals surface area (Å²) in [5.74, 6) is 1.12. The van der Waals surface area contributed by atoms with Crippen LogP contribution in [-0.4, -0.2) is 21.1 Å². The zero-order valence-corrected chi connectivity index (χ0v) is 16.5. The van der Waals surface area contributed by atoms with Crippen molar-refractivity contribution in [1.82, 2.24) is 15.1 Å². The van der Waals surface area contributed by atoms with Crippen molar-refractivity contribution in [1.29, 1.82) is 0 Å². The Morgan fingerprint density at radius 3 is 2.60 bits per heavy atom. The maximum atomic E-state index is 6.09. The van der Waals surface area contributed by atoms with Gasteiger partial charge in [-0.3, -0.25) is 4.90 Å². The lowest BCUT2D eigenvalue weighted by molar-refractivity contribution is 0.184. The second-order valence-electron chi connectivity index (χ2n) is 6.11. The van der Waals surface area contributed by atoms with E-state index in [-0.39, 0.29) is 0 Å². The quantitative estimate of drug-likeness (QED) is 0.523. The Kier molecular flexibility index (Phi) is 5.89. The number of benzene rings is 2. The average molecular weight is 421 g/mol. The third kappa shape index (κ3) is 4.69. The molecule has 0 saturated carbocycles. The minimum Gasteiger partial charge on any atom is -0.419 e. The second-order valence-corrected chi connectivity index (χ2v) is 7.40. The van der Waals surface area contributed by atoms with Crippen LogP contribution >= 0.6 is 27.5 Å². The zero-order valence-electron chi connectivity index (χ0n) is 14.1. The minimum atomic E-state index is 0.331. The van der Waals surface area contributed by atoms with Crippen molar-refractivity contribution in [3.63, 3.8) is 0 Å². The molecule has 1 aromatic heterocycles. The van der Waals surface area contributed by atoms with Crippen LogP contribution in [0.25, 0.3) is 11.5 Å². The molecule has 0 fully saturated rings. The molecule has 0 radical (unpaired) electrons. The Hall–Kier alpha value is -1.69. The highest BCUT2D eigenvalue weighted by atomic mass is 79.9. The van der Waals surface area contributed by atoms with Crippen molar-refractivity contribution in [2.45, 2.75) is 33.0 Å². The Morgan fingerprint density at radius 1 is 1.08 bits per heavy atom. The van der Waals surface area contributed by atoms with E-state index in [0.717, 1.165) is 27.2 Å². The van der Waals surface area contributed by atoms with Crippen molar-refractivity contribution in [3.05, 3.63) is 69.5 Å². The summed E-state index contributed by atoms with van der Waals surface area (Å²) in [6.45, 7) is 5.65. The van der Waals surface area contributed by atoms with Crippen LogP contribution in [0.1, 0.15) is 25.3 Å². The number of nitrogens with zero attached hydrogens (tertiary/aromatic N) is 3. The van der Waals surface area contributed by atoms with E-state index in [9.17, 15) is 0 Å². The average Bonchev–Trinajstić information content (AvgIpc) is 3.03. The van der Waals surface area contributed by atoms with E-state index in [1.54, 1.807) is 0 Å². The van der Waals surface area contributed by atoms with E-state index < -0.39 is 0 Å². The molecule has 3 rings (SSSR count). The van der Waals surface area contributed by atoms with Gasteiger partial charge in [-0.25, -0.2) is 0 Å². The second kappa shape index (κ2) is 8.13. The predicted molar refractivity (Wildman–Crippen MR) is 103 cm³/mol. The number of rotatable bonds is 6. The highest BCUT2D eigenvalue weighted by Crippen LogP contribution is 2.27. The first-order chi connectivity index (χ1) is 12.0. The highest BCUT2D eigenvalue weighted by molar-refractivity contribution is 9.10. The van der Waals surface area contributed by atoms with Crippen LogP contribution in [0.3, 0.4) is 0 Å². The summed E-state index contributed by atoms with van der Waals surface area (Å²) in [7, 11) is 0. The fraction of sp³-hybridized carbons (Fsp3) is 0.263. The van der Waals surface area contributed by atoms with Gasteiger partial charge < -0.3 is 4.42 Å². The number of hydrogen-bond acceptors (Lipinski definition) is 4. The van der Waals surface area contributed by atoms with E-state index >= 15 is 0 Å². The van der Waals surface area contributed by atoms with Crippen LogP contribution in [-0.2, 0) is 13.1 Å². The van der Waals surface area contributed by atoms with Crippen LogP contribution in [0.4, 0.5) is 0 Å². The molecular weight excluding hydrogens is 402 g/mol. The first-order valence-electron chi connectivity index (χ1n) is 8.08. The summed E-state index contributed by atoms with van der Waals surface area (Å²) in [5, 5.41) is 9.14. The van der Waals surface area contributed by atoms with Gasteiger partial charge in [0.15, 0.2) is 0 Å². The first-order valence-corrected chi connectivity index (χ1v) is 9.26. The molecule has 0 aliphatic rings. The third-order valence-electron chi connectivity index (χ3n) is 3.91. The predicted octanol–water partition coefficient (Wildman–Crippen LogP) is 5.56. The van der Waals surface area contributed by atoms with Gasteiger partial charge in [0.2, 0.25) is 11.8 Å². The molecule has 0 aliphatic heterocycles. The van der Waals surface area contributed by atoms with Gasteiger partial charge in [-0.1, -0.05) is 35.9 Å². The lowest BCUT2D eigenvalue weighted by Gasteiger charge is -2.24. The zero-order chi connectivity index (χ0) is 17.8. The van der Waals surface area contributed by atoms with E-state index in [0.29, 0.717) is 24.4 Å². The molecule has 3 aromatic rings. The molecule has 1 heterocycles. The molecule has 2 aromatic carbocycles. The Labute approximate surface area is 161 Å². The molecule has 4 nitrogen and oxygen atoms in total. The lowest BCUT2D eigenvalue weighted by atomic mass is 10.2. The lowest BCUT2D eigenvalue weighted by Crippen LogP contribution is -2.30. The van der Waals surface area contributed by atoms with Crippen LogP contribution < -0.4 is 0 Å². The summed E-state index contributed by atoms with van der Waals surface area (Å²) in [5.41, 5.74) is 2.05. The standard InChI is InChI=1S/C19H19BrClN3O/c1-13(2)24(11-14-6-5-7-15(21)10-14)12-18-22-23-19(25-18)16-8-3-4-9-17(16)20/h3-10,13H,11-12H2,1-2H3. The SMILES string of the molecule is CC(C)N(Cc1cccc(Cl)c1)Cc1nnc(-c2ccccc2Br)o1. The summed E-state index contributed by atoms with van der Waals surface area (Å²) >= 11 is 9.61. The smallest absolute Gasteiger partial charge is 0.248 e. The molecule has 6 heteroatoms. The van der Waals surface area contributed by atoms with Crippen LogP contribution in [0.2, 0.25) is 5.02 Å². The van der Waals surface area contributed by atoms with E-state index in [2.05, 4.69) is 50.9 Å². The number of halogens is 2. The topological polar surface area (TPSA) is 42.2 Å². The van der Waals surface area contributed by atoms with Crippen molar-refractivity contribution in [2.75, 3.05) is 0 Å². The fourth-order valence-corrected chi connectivity index (χ4v) is 3.19. The molecule has 0 amide bonds. The molecule has 0 atom stereocenters. The van der Waals surface area contributed by atoms with Gasteiger partial charge in [0.05, 0.1) is 12.1 Å². The van der Waals surface area contributed by atoms with Gasteiger partial charge in [-0.15, -0.1) is 10.2 Å². The van der Waals surface area contributed by atoms with Gasteiger partial charge in [-0.05, 0) is 59.6 Å².